The van der Waals surface area contributed by atoms with Gasteiger partial charge in [0, 0.05) is 12.4 Å². The van der Waals surface area contributed by atoms with Crippen molar-refractivity contribution < 1.29 is 34.7 Å². The van der Waals surface area contributed by atoms with E-state index in [0.717, 1.165) is 0 Å². The first-order valence-corrected chi connectivity index (χ1v) is 5.78. The minimum Gasteiger partial charge on any atom is -0.478 e. The third-order valence-electron chi connectivity index (χ3n) is 2.37. The summed E-state index contributed by atoms with van der Waals surface area (Å²) in [5, 5.41) is 25.0. The fraction of sp³-hybridized carbons (Fsp3) is 0. The number of rotatable bonds is 3. The zero-order chi connectivity index (χ0) is 16.5. The normalized spacial score (nSPS) is 8.38. The average molecular weight is 358 g/mol. The molecule has 2 aromatic rings. The van der Waals surface area contributed by atoms with Crippen LogP contribution in [0.15, 0.2) is 48.8 Å². The predicted octanol–water partition coefficient (Wildman–Crippen LogP) is -0.0380. The molecule has 0 saturated carbocycles. The fourth-order valence-electron chi connectivity index (χ4n) is 1.39. The van der Waals surface area contributed by atoms with Crippen molar-refractivity contribution in [3.63, 3.8) is 0 Å². The van der Waals surface area contributed by atoms with Gasteiger partial charge in [-0.15, -0.1) is 0 Å². The van der Waals surface area contributed by atoms with Gasteiger partial charge in [0.25, 0.3) is 0 Å². The molecule has 0 amide bonds. The molecule has 0 fully saturated rings. The molecule has 0 aliphatic rings. The Morgan fingerprint density at radius 1 is 0.875 bits per heavy atom. The van der Waals surface area contributed by atoms with Crippen molar-refractivity contribution in [2.24, 2.45) is 0 Å². The summed E-state index contributed by atoms with van der Waals surface area (Å²) in [6.07, 6.45) is 2.84. The molecular weight excluding hydrogens is 343 g/mol. The smallest absolute Gasteiger partial charge is 0.373 e. The number of nitrogens with zero attached hydrogens (tertiary/aromatic N) is 1. The molecular formula is C14H15Mg2NO7. The van der Waals surface area contributed by atoms with Crippen molar-refractivity contribution in [3.05, 3.63) is 65.5 Å². The summed E-state index contributed by atoms with van der Waals surface area (Å²) in [5.41, 5.74) is -0.170. The van der Waals surface area contributed by atoms with Crippen LogP contribution < -0.4 is 0 Å². The molecule has 1 aromatic carbocycles. The summed E-state index contributed by atoms with van der Waals surface area (Å²) in [6.45, 7) is 0. The van der Waals surface area contributed by atoms with Gasteiger partial charge in [0.05, 0.1) is 16.7 Å². The Morgan fingerprint density at radius 3 is 1.83 bits per heavy atom. The summed E-state index contributed by atoms with van der Waals surface area (Å²) in [7, 11) is 0. The molecule has 0 bridgehead atoms. The molecule has 0 saturated heterocycles. The first kappa shape index (κ1) is 24.5. The zero-order valence-corrected chi connectivity index (χ0v) is 11.0. The van der Waals surface area contributed by atoms with Crippen LogP contribution >= 0.6 is 0 Å². The van der Waals surface area contributed by atoms with E-state index < -0.39 is 17.9 Å². The third-order valence-corrected chi connectivity index (χ3v) is 2.37. The molecule has 2 rings (SSSR count). The zero-order valence-electron chi connectivity index (χ0n) is 11.0. The number of carbonyl (C=O) groups excluding carboxylic acids is 1. The van der Waals surface area contributed by atoms with Gasteiger partial charge in [0.2, 0.25) is 0 Å². The summed E-state index contributed by atoms with van der Waals surface area (Å²) >= 11 is 0. The molecule has 3 N–H and O–H groups in total. The number of aromatic carboxylic acids is 2. The lowest BCUT2D eigenvalue weighted by Crippen LogP contribution is -2.09. The second kappa shape index (κ2) is 12.7. The number of pyridine rings is 1. The summed E-state index contributed by atoms with van der Waals surface area (Å²) in [6, 6.07) is 8.52. The highest BCUT2D eigenvalue weighted by Gasteiger charge is 2.16. The van der Waals surface area contributed by atoms with E-state index >= 15 is 0 Å². The first-order valence-electron chi connectivity index (χ1n) is 5.78. The van der Waals surface area contributed by atoms with Crippen LogP contribution in [0.4, 0.5) is 0 Å². The highest BCUT2D eigenvalue weighted by molar-refractivity contribution is 6.02. The summed E-state index contributed by atoms with van der Waals surface area (Å²) in [5.74, 6) is -3.28. The van der Waals surface area contributed by atoms with Crippen LogP contribution in [0.25, 0.3) is 0 Å². The summed E-state index contributed by atoms with van der Waals surface area (Å²) in [4.78, 5) is 38.6. The minimum atomic E-state index is -1.25. The lowest BCUT2D eigenvalue weighted by molar-refractivity contribution is -0.182. The Labute approximate surface area is 168 Å². The van der Waals surface area contributed by atoms with E-state index in [4.69, 9.17) is 15.5 Å². The Morgan fingerprint density at radius 2 is 1.46 bits per heavy atom. The topological polar surface area (TPSA) is 134 Å². The van der Waals surface area contributed by atoms with Gasteiger partial charge in [-0.2, -0.15) is 5.26 Å². The van der Waals surface area contributed by atoms with Crippen LogP contribution in [0.5, 0.6) is 0 Å². The van der Waals surface area contributed by atoms with E-state index in [1.54, 1.807) is 6.07 Å². The Kier molecular flexibility index (Phi) is 12.9. The van der Waals surface area contributed by atoms with E-state index in [1.807, 2.05) is 0 Å². The maximum Gasteiger partial charge on any atom is 0.373 e. The number of carboxylic acid groups (broad SMARTS) is 2. The molecule has 122 valence electrons. The quantitative estimate of drug-likeness (QED) is 0.396. The molecule has 1 aromatic heterocycles. The number of benzene rings is 1. The van der Waals surface area contributed by atoms with E-state index in [1.165, 1.54) is 42.7 Å². The van der Waals surface area contributed by atoms with Crippen molar-refractivity contribution in [2.45, 2.75) is 0 Å². The van der Waals surface area contributed by atoms with E-state index in [9.17, 15) is 14.4 Å². The van der Waals surface area contributed by atoms with E-state index in [2.05, 4.69) is 9.87 Å². The van der Waals surface area contributed by atoms with Gasteiger partial charge < -0.3 is 10.2 Å². The van der Waals surface area contributed by atoms with E-state index in [-0.39, 0.29) is 62.8 Å². The van der Waals surface area contributed by atoms with Crippen LogP contribution in [-0.2, 0) is 4.89 Å². The standard InChI is InChI=1S/C8H6O5.C6H5NO2.2Mg.4H/c9-7(10)5-3-1-2-4-6(5)8(11)13-12;8-6(9)5-2-1-3-7-4-5;;;;;;/h1-4,12H,(H,9,10);1-4H,(H,8,9);;;;;;. The molecule has 0 aliphatic carbocycles. The maximum atomic E-state index is 10.8. The molecule has 0 spiro atoms. The highest BCUT2D eigenvalue weighted by atomic mass is 24.3. The van der Waals surface area contributed by atoms with Crippen LogP contribution in [0, 0.1) is 0 Å². The van der Waals surface area contributed by atoms with Gasteiger partial charge in [0.15, 0.2) is 0 Å². The average Bonchev–Trinajstić information content (AvgIpc) is 2.55. The maximum absolute atomic E-state index is 10.8. The Hall–Kier alpha value is -1.73. The molecule has 0 radical (unpaired) electrons. The minimum absolute atomic E-state index is 0. The van der Waals surface area contributed by atoms with Gasteiger partial charge in [-0.05, 0) is 24.3 Å². The van der Waals surface area contributed by atoms with Crippen molar-refractivity contribution in [3.8, 4) is 0 Å². The van der Waals surface area contributed by atoms with Crippen LogP contribution in [-0.4, -0.2) is 84.5 Å². The fourth-order valence-corrected chi connectivity index (χ4v) is 1.39. The van der Waals surface area contributed by atoms with Crippen LogP contribution in [0.2, 0.25) is 0 Å². The molecule has 8 nitrogen and oxygen atoms in total. The number of hydrogen-bond donors (Lipinski definition) is 3. The van der Waals surface area contributed by atoms with Crippen molar-refractivity contribution in [1.82, 2.24) is 4.98 Å². The second-order valence-corrected chi connectivity index (χ2v) is 3.78. The number of aromatic nitrogens is 1. The first-order chi connectivity index (χ1) is 10.5. The van der Waals surface area contributed by atoms with Gasteiger partial charge in [-0.1, -0.05) is 12.1 Å². The van der Waals surface area contributed by atoms with Crippen LogP contribution in [0.1, 0.15) is 31.1 Å². The lowest BCUT2D eigenvalue weighted by Gasteiger charge is -2.00. The lowest BCUT2D eigenvalue weighted by atomic mass is 10.1. The largest absolute Gasteiger partial charge is 0.478 e. The van der Waals surface area contributed by atoms with Crippen LogP contribution in [0.3, 0.4) is 0 Å². The monoisotopic (exact) mass is 357 g/mol. The van der Waals surface area contributed by atoms with Gasteiger partial charge in [0.1, 0.15) is 0 Å². The molecule has 0 atom stereocenters. The molecule has 1 heterocycles. The predicted molar refractivity (Wildman–Crippen MR) is 89.7 cm³/mol. The van der Waals surface area contributed by atoms with Gasteiger partial charge in [-0.3, -0.25) is 9.87 Å². The Bertz CT molecular complexity index is 680. The van der Waals surface area contributed by atoms with Crippen molar-refractivity contribution >= 4 is 64.0 Å². The van der Waals surface area contributed by atoms with E-state index in [0.29, 0.717) is 0 Å². The molecule has 0 unspecified atom stereocenters. The van der Waals surface area contributed by atoms with Gasteiger partial charge >= 0.3 is 64.0 Å². The third kappa shape index (κ3) is 7.70. The summed E-state index contributed by atoms with van der Waals surface area (Å²) < 4.78 is 0. The number of hydrogen-bond acceptors (Lipinski definition) is 6. The Balaban J connectivity index is 0. The van der Waals surface area contributed by atoms with Crippen molar-refractivity contribution in [1.29, 1.82) is 0 Å². The molecule has 10 heteroatoms. The highest BCUT2D eigenvalue weighted by Crippen LogP contribution is 2.09. The SMILES string of the molecule is O=C(O)c1ccccc1C(=O)OO.O=C(O)c1cccnc1.[MgH2].[MgH2]. The number of carbonyl (C=O) groups is 3. The molecule has 24 heavy (non-hydrogen) atoms. The second-order valence-electron chi connectivity index (χ2n) is 3.78. The molecule has 0 aliphatic heterocycles. The van der Waals surface area contributed by atoms with Gasteiger partial charge in [-0.25, -0.2) is 14.4 Å². The van der Waals surface area contributed by atoms with Crippen molar-refractivity contribution in [2.75, 3.05) is 0 Å². The number of carboxylic acids is 2.